The standard InChI is InChI=1S/C16H21N3O2S/c1-13(12-19-10-4-9-17-19)18-22(20,21)16-8-7-14-5-2-3-6-15(14)11-16/h4,7-11,13,18H,2-3,5-6,12H2,1H3/t13-/m0/s1. The van der Waals surface area contributed by atoms with Crippen molar-refractivity contribution < 1.29 is 8.42 Å². The zero-order valence-electron chi connectivity index (χ0n) is 12.7. The van der Waals surface area contributed by atoms with Crippen molar-refractivity contribution in [2.24, 2.45) is 0 Å². The van der Waals surface area contributed by atoms with E-state index in [0.717, 1.165) is 19.3 Å². The summed E-state index contributed by atoms with van der Waals surface area (Å²) in [6.45, 7) is 2.36. The molecule has 1 heterocycles. The molecule has 0 spiro atoms. The molecule has 1 aromatic heterocycles. The second kappa shape index (κ2) is 6.22. The molecule has 2 aromatic rings. The van der Waals surface area contributed by atoms with Gasteiger partial charge in [0.15, 0.2) is 0 Å². The van der Waals surface area contributed by atoms with Crippen LogP contribution in [0.25, 0.3) is 0 Å². The van der Waals surface area contributed by atoms with E-state index in [9.17, 15) is 8.42 Å². The first kappa shape index (κ1) is 15.2. The molecule has 0 bridgehead atoms. The van der Waals surface area contributed by atoms with Crippen LogP contribution in [0, 0.1) is 0 Å². The maximum Gasteiger partial charge on any atom is 0.240 e. The van der Waals surface area contributed by atoms with Gasteiger partial charge in [-0.3, -0.25) is 4.68 Å². The Morgan fingerprint density at radius 1 is 1.27 bits per heavy atom. The van der Waals surface area contributed by atoms with E-state index in [1.807, 2.05) is 31.3 Å². The van der Waals surface area contributed by atoms with Crippen molar-refractivity contribution in [3.63, 3.8) is 0 Å². The van der Waals surface area contributed by atoms with E-state index in [1.165, 1.54) is 17.5 Å². The van der Waals surface area contributed by atoms with Gasteiger partial charge in [0.25, 0.3) is 0 Å². The minimum atomic E-state index is -3.49. The number of aryl methyl sites for hydroxylation is 2. The Morgan fingerprint density at radius 2 is 2.05 bits per heavy atom. The number of rotatable bonds is 5. The van der Waals surface area contributed by atoms with Crippen LogP contribution in [0.15, 0.2) is 41.6 Å². The Labute approximate surface area is 131 Å². The van der Waals surface area contributed by atoms with Gasteiger partial charge in [-0.2, -0.15) is 5.10 Å². The van der Waals surface area contributed by atoms with Gasteiger partial charge in [0.2, 0.25) is 10.0 Å². The monoisotopic (exact) mass is 319 g/mol. The first-order valence-electron chi connectivity index (χ1n) is 7.66. The van der Waals surface area contributed by atoms with E-state index in [0.29, 0.717) is 11.4 Å². The predicted molar refractivity (Wildman–Crippen MR) is 85.1 cm³/mol. The number of nitrogens with one attached hydrogen (secondary N) is 1. The topological polar surface area (TPSA) is 64.0 Å². The molecule has 1 N–H and O–H groups in total. The molecule has 0 aliphatic heterocycles. The van der Waals surface area contributed by atoms with Crippen molar-refractivity contribution in [1.29, 1.82) is 0 Å². The van der Waals surface area contributed by atoms with E-state index in [4.69, 9.17) is 0 Å². The fourth-order valence-electron chi connectivity index (χ4n) is 2.94. The minimum absolute atomic E-state index is 0.221. The molecule has 6 heteroatoms. The van der Waals surface area contributed by atoms with E-state index in [1.54, 1.807) is 16.9 Å². The van der Waals surface area contributed by atoms with Gasteiger partial charge in [-0.15, -0.1) is 0 Å². The summed E-state index contributed by atoms with van der Waals surface area (Å²) in [4.78, 5) is 0.362. The molecule has 0 fully saturated rings. The number of benzene rings is 1. The molecule has 0 saturated heterocycles. The lowest BCUT2D eigenvalue weighted by Gasteiger charge is -2.18. The molecule has 0 saturated carbocycles. The third kappa shape index (κ3) is 3.39. The highest BCUT2D eigenvalue weighted by Crippen LogP contribution is 2.24. The van der Waals surface area contributed by atoms with Crippen LogP contribution in [-0.2, 0) is 29.4 Å². The SMILES string of the molecule is C[C@@H](Cn1cccn1)NS(=O)(=O)c1ccc2c(c1)CCCC2. The fourth-order valence-corrected chi connectivity index (χ4v) is 4.22. The zero-order chi connectivity index (χ0) is 15.6. The summed E-state index contributed by atoms with van der Waals surface area (Å²) in [5, 5.41) is 4.10. The first-order valence-corrected chi connectivity index (χ1v) is 9.14. The second-order valence-electron chi connectivity index (χ2n) is 5.89. The van der Waals surface area contributed by atoms with Crippen LogP contribution in [0.2, 0.25) is 0 Å². The zero-order valence-corrected chi connectivity index (χ0v) is 13.5. The van der Waals surface area contributed by atoms with Crippen LogP contribution in [0.1, 0.15) is 30.9 Å². The van der Waals surface area contributed by atoms with Crippen LogP contribution in [0.3, 0.4) is 0 Å². The average Bonchev–Trinajstić information content (AvgIpc) is 2.99. The van der Waals surface area contributed by atoms with Crippen molar-refractivity contribution in [1.82, 2.24) is 14.5 Å². The number of fused-ring (bicyclic) bond motifs is 1. The van der Waals surface area contributed by atoms with Gasteiger partial charge >= 0.3 is 0 Å². The number of hydrogen-bond acceptors (Lipinski definition) is 3. The summed E-state index contributed by atoms with van der Waals surface area (Å²) in [5.74, 6) is 0. The van der Waals surface area contributed by atoms with Gasteiger partial charge in [0.05, 0.1) is 11.4 Å². The van der Waals surface area contributed by atoms with Gasteiger partial charge in [0.1, 0.15) is 0 Å². The normalized spacial score (nSPS) is 16.2. The van der Waals surface area contributed by atoms with Gasteiger partial charge in [-0.25, -0.2) is 13.1 Å². The van der Waals surface area contributed by atoms with Crippen LogP contribution in [-0.4, -0.2) is 24.2 Å². The molecule has 22 heavy (non-hydrogen) atoms. The maximum absolute atomic E-state index is 12.5. The van der Waals surface area contributed by atoms with Crippen LogP contribution >= 0.6 is 0 Å². The summed E-state index contributed by atoms with van der Waals surface area (Å²) >= 11 is 0. The average molecular weight is 319 g/mol. The Kier molecular flexibility index (Phi) is 4.31. The van der Waals surface area contributed by atoms with Crippen LogP contribution in [0.5, 0.6) is 0 Å². The number of hydrogen-bond donors (Lipinski definition) is 1. The largest absolute Gasteiger partial charge is 0.271 e. The minimum Gasteiger partial charge on any atom is -0.271 e. The highest BCUT2D eigenvalue weighted by atomic mass is 32.2. The molecule has 118 valence electrons. The fraction of sp³-hybridized carbons (Fsp3) is 0.438. The lowest BCUT2D eigenvalue weighted by molar-refractivity contribution is 0.494. The van der Waals surface area contributed by atoms with Crippen molar-refractivity contribution in [2.45, 2.75) is 50.1 Å². The van der Waals surface area contributed by atoms with Gasteiger partial charge in [-0.05, 0) is 61.9 Å². The number of aromatic nitrogens is 2. The van der Waals surface area contributed by atoms with Gasteiger partial charge in [0, 0.05) is 18.4 Å². The van der Waals surface area contributed by atoms with E-state index >= 15 is 0 Å². The van der Waals surface area contributed by atoms with E-state index in [2.05, 4.69) is 9.82 Å². The van der Waals surface area contributed by atoms with Gasteiger partial charge < -0.3 is 0 Å². The van der Waals surface area contributed by atoms with Crippen molar-refractivity contribution in [3.05, 3.63) is 47.8 Å². The summed E-state index contributed by atoms with van der Waals surface area (Å²) in [7, 11) is -3.49. The Morgan fingerprint density at radius 3 is 2.77 bits per heavy atom. The Bertz CT molecular complexity index is 739. The summed E-state index contributed by atoms with van der Waals surface area (Å²) in [6.07, 6.45) is 7.87. The van der Waals surface area contributed by atoms with Crippen molar-refractivity contribution in [2.75, 3.05) is 0 Å². The Balaban J connectivity index is 1.74. The molecule has 1 atom stereocenters. The Hall–Kier alpha value is -1.66. The number of nitrogens with zero attached hydrogens (tertiary/aromatic N) is 2. The lowest BCUT2D eigenvalue weighted by atomic mass is 9.92. The molecule has 1 aromatic carbocycles. The lowest BCUT2D eigenvalue weighted by Crippen LogP contribution is -2.35. The van der Waals surface area contributed by atoms with Crippen molar-refractivity contribution >= 4 is 10.0 Å². The predicted octanol–water partition coefficient (Wildman–Crippen LogP) is 2.13. The molecule has 0 amide bonds. The molecule has 0 radical (unpaired) electrons. The first-order chi connectivity index (χ1) is 10.5. The van der Waals surface area contributed by atoms with E-state index in [-0.39, 0.29) is 6.04 Å². The maximum atomic E-state index is 12.5. The highest BCUT2D eigenvalue weighted by molar-refractivity contribution is 7.89. The molecule has 0 unspecified atom stereocenters. The third-order valence-electron chi connectivity index (χ3n) is 4.01. The summed E-state index contributed by atoms with van der Waals surface area (Å²) < 4.78 is 29.5. The second-order valence-corrected chi connectivity index (χ2v) is 7.60. The van der Waals surface area contributed by atoms with E-state index < -0.39 is 10.0 Å². The van der Waals surface area contributed by atoms with Crippen LogP contribution < -0.4 is 4.72 Å². The molecule has 3 rings (SSSR count). The number of sulfonamides is 1. The molecule has 1 aliphatic rings. The highest BCUT2D eigenvalue weighted by Gasteiger charge is 2.20. The summed E-state index contributed by atoms with van der Waals surface area (Å²) in [5.41, 5.74) is 2.46. The summed E-state index contributed by atoms with van der Waals surface area (Å²) in [6, 6.07) is 7.11. The molecular weight excluding hydrogens is 298 g/mol. The van der Waals surface area contributed by atoms with Gasteiger partial charge in [-0.1, -0.05) is 6.07 Å². The quantitative estimate of drug-likeness (QED) is 0.918. The molecular formula is C16H21N3O2S. The third-order valence-corrected chi connectivity index (χ3v) is 5.59. The smallest absolute Gasteiger partial charge is 0.240 e. The van der Waals surface area contributed by atoms with Crippen molar-refractivity contribution in [3.8, 4) is 0 Å². The van der Waals surface area contributed by atoms with Crippen LogP contribution in [0.4, 0.5) is 0 Å². The molecule has 5 nitrogen and oxygen atoms in total. The molecule has 1 aliphatic carbocycles.